The number of aromatic nitrogens is 2. The van der Waals surface area contributed by atoms with Gasteiger partial charge in [-0.15, -0.1) is 0 Å². The monoisotopic (exact) mass is 178 g/mol. The molecule has 0 atom stereocenters. The predicted octanol–water partition coefficient (Wildman–Crippen LogP) is 0.901. The lowest BCUT2D eigenvalue weighted by Gasteiger charge is -2.17. The molecule has 4 nitrogen and oxygen atoms in total. The van der Waals surface area contributed by atoms with E-state index in [-0.39, 0.29) is 0 Å². The first kappa shape index (κ1) is 8.29. The van der Waals surface area contributed by atoms with Gasteiger partial charge in [0, 0.05) is 25.7 Å². The molecule has 0 saturated carbocycles. The summed E-state index contributed by atoms with van der Waals surface area (Å²) in [6, 6.07) is 0. The molecule has 2 rings (SSSR count). The summed E-state index contributed by atoms with van der Waals surface area (Å²) in [4.78, 5) is 10.6. The average Bonchev–Trinajstić information content (AvgIpc) is 2.63. The van der Waals surface area contributed by atoms with Crippen LogP contribution in [0.15, 0.2) is 6.33 Å². The Bertz CT molecular complexity index is 310. The summed E-state index contributed by atoms with van der Waals surface area (Å²) in [5.74, 6) is 2.07. The third kappa shape index (κ3) is 1.32. The third-order valence-electron chi connectivity index (χ3n) is 2.43. The molecule has 70 valence electrons. The number of hydrogen-bond donors (Lipinski definition) is 1. The summed E-state index contributed by atoms with van der Waals surface area (Å²) in [6.07, 6.45) is 2.66. The summed E-state index contributed by atoms with van der Waals surface area (Å²) >= 11 is 0. The zero-order chi connectivity index (χ0) is 9.26. The van der Waals surface area contributed by atoms with Gasteiger partial charge in [0.15, 0.2) is 0 Å². The normalized spacial score (nSPS) is 13.7. The Balaban J connectivity index is 2.41. The molecule has 1 aromatic rings. The molecule has 2 heterocycles. The van der Waals surface area contributed by atoms with Gasteiger partial charge in [0.1, 0.15) is 18.0 Å². The molecule has 1 N–H and O–H groups in total. The van der Waals surface area contributed by atoms with Crippen molar-refractivity contribution in [3.63, 3.8) is 0 Å². The summed E-state index contributed by atoms with van der Waals surface area (Å²) < 4.78 is 0. The standard InChI is InChI=1S/C9H14N4/c1-3-13(2)9-7-4-5-10-8(7)11-6-12-9/h6H,3-5H2,1-2H3,(H,10,11,12). The Hall–Kier alpha value is -1.32. The molecule has 4 heteroatoms. The minimum Gasteiger partial charge on any atom is -0.369 e. The van der Waals surface area contributed by atoms with E-state index in [1.54, 1.807) is 6.33 Å². The van der Waals surface area contributed by atoms with Gasteiger partial charge in [-0.05, 0) is 13.3 Å². The molecule has 13 heavy (non-hydrogen) atoms. The molecule has 0 bridgehead atoms. The minimum absolute atomic E-state index is 0.976. The van der Waals surface area contributed by atoms with Crippen molar-refractivity contribution in [2.45, 2.75) is 13.3 Å². The number of nitrogens with one attached hydrogen (secondary N) is 1. The van der Waals surface area contributed by atoms with E-state index >= 15 is 0 Å². The smallest absolute Gasteiger partial charge is 0.137 e. The van der Waals surface area contributed by atoms with Crippen LogP contribution in [0.25, 0.3) is 0 Å². The molecular formula is C9H14N4. The molecule has 0 spiro atoms. The summed E-state index contributed by atoms with van der Waals surface area (Å²) in [5.41, 5.74) is 1.26. The second-order valence-electron chi connectivity index (χ2n) is 3.22. The fraction of sp³-hybridized carbons (Fsp3) is 0.556. The fourth-order valence-corrected chi connectivity index (χ4v) is 1.57. The highest BCUT2D eigenvalue weighted by molar-refractivity contribution is 5.61. The van der Waals surface area contributed by atoms with Crippen LogP contribution in [0.2, 0.25) is 0 Å². The lowest BCUT2D eigenvalue weighted by atomic mass is 10.2. The molecule has 0 aliphatic carbocycles. The highest BCUT2D eigenvalue weighted by atomic mass is 15.2. The zero-order valence-corrected chi connectivity index (χ0v) is 8.04. The first-order valence-electron chi connectivity index (χ1n) is 4.61. The zero-order valence-electron chi connectivity index (χ0n) is 8.04. The molecule has 1 aliphatic rings. The largest absolute Gasteiger partial charge is 0.369 e. The number of fused-ring (bicyclic) bond motifs is 1. The van der Waals surface area contributed by atoms with Gasteiger partial charge < -0.3 is 10.2 Å². The second-order valence-corrected chi connectivity index (χ2v) is 3.22. The first-order chi connectivity index (χ1) is 6.33. The van der Waals surface area contributed by atoms with Gasteiger partial charge >= 0.3 is 0 Å². The second kappa shape index (κ2) is 3.20. The van der Waals surface area contributed by atoms with E-state index in [1.807, 2.05) is 0 Å². The number of nitrogens with zero attached hydrogens (tertiary/aromatic N) is 3. The summed E-state index contributed by atoms with van der Waals surface area (Å²) in [6.45, 7) is 4.08. The Morgan fingerprint density at radius 2 is 2.38 bits per heavy atom. The molecule has 0 aromatic carbocycles. The molecular weight excluding hydrogens is 164 g/mol. The van der Waals surface area contributed by atoms with Crippen LogP contribution in [-0.4, -0.2) is 30.1 Å². The average molecular weight is 178 g/mol. The van der Waals surface area contributed by atoms with Crippen LogP contribution in [0.5, 0.6) is 0 Å². The lowest BCUT2D eigenvalue weighted by molar-refractivity contribution is 0.913. The fourth-order valence-electron chi connectivity index (χ4n) is 1.57. The molecule has 0 amide bonds. The molecule has 0 fully saturated rings. The van der Waals surface area contributed by atoms with E-state index in [0.29, 0.717) is 0 Å². The maximum atomic E-state index is 4.30. The van der Waals surface area contributed by atoms with Crippen LogP contribution in [0.1, 0.15) is 12.5 Å². The van der Waals surface area contributed by atoms with Gasteiger partial charge in [0.25, 0.3) is 0 Å². The van der Waals surface area contributed by atoms with E-state index in [4.69, 9.17) is 0 Å². The first-order valence-corrected chi connectivity index (χ1v) is 4.61. The van der Waals surface area contributed by atoms with Gasteiger partial charge in [-0.1, -0.05) is 0 Å². The topological polar surface area (TPSA) is 41.1 Å². The van der Waals surface area contributed by atoms with Gasteiger partial charge in [-0.2, -0.15) is 0 Å². The van der Waals surface area contributed by atoms with E-state index in [2.05, 4.69) is 34.2 Å². The molecule has 1 aromatic heterocycles. The van der Waals surface area contributed by atoms with Crippen LogP contribution >= 0.6 is 0 Å². The van der Waals surface area contributed by atoms with E-state index < -0.39 is 0 Å². The predicted molar refractivity (Wildman–Crippen MR) is 53.2 cm³/mol. The highest BCUT2D eigenvalue weighted by Gasteiger charge is 2.17. The van der Waals surface area contributed by atoms with Crippen molar-refractivity contribution in [3.8, 4) is 0 Å². The van der Waals surface area contributed by atoms with Crippen molar-refractivity contribution in [3.05, 3.63) is 11.9 Å². The van der Waals surface area contributed by atoms with E-state index in [1.165, 1.54) is 5.56 Å². The van der Waals surface area contributed by atoms with Crippen LogP contribution in [0.3, 0.4) is 0 Å². The SMILES string of the molecule is CCN(C)c1ncnc2c1CCN2. The molecule has 0 unspecified atom stereocenters. The lowest BCUT2D eigenvalue weighted by Crippen LogP contribution is -2.18. The van der Waals surface area contributed by atoms with Crippen LogP contribution in [-0.2, 0) is 6.42 Å². The summed E-state index contributed by atoms with van der Waals surface area (Å²) in [7, 11) is 2.06. The molecule has 1 aliphatic heterocycles. The quantitative estimate of drug-likeness (QED) is 0.730. The van der Waals surface area contributed by atoms with Crippen molar-refractivity contribution >= 4 is 11.6 Å². The van der Waals surface area contributed by atoms with Gasteiger partial charge in [0.2, 0.25) is 0 Å². The van der Waals surface area contributed by atoms with Crippen molar-refractivity contribution in [2.75, 3.05) is 30.4 Å². The third-order valence-corrected chi connectivity index (χ3v) is 2.43. The Morgan fingerprint density at radius 3 is 3.15 bits per heavy atom. The van der Waals surface area contributed by atoms with Gasteiger partial charge in [-0.25, -0.2) is 9.97 Å². The maximum absolute atomic E-state index is 4.30. The van der Waals surface area contributed by atoms with Gasteiger partial charge in [0.05, 0.1) is 0 Å². The van der Waals surface area contributed by atoms with Crippen molar-refractivity contribution in [1.82, 2.24) is 9.97 Å². The van der Waals surface area contributed by atoms with Crippen LogP contribution in [0, 0.1) is 0 Å². The Kier molecular flexibility index (Phi) is 2.04. The maximum Gasteiger partial charge on any atom is 0.137 e. The Morgan fingerprint density at radius 1 is 1.54 bits per heavy atom. The van der Waals surface area contributed by atoms with Crippen molar-refractivity contribution in [2.24, 2.45) is 0 Å². The van der Waals surface area contributed by atoms with Crippen molar-refractivity contribution in [1.29, 1.82) is 0 Å². The molecule has 0 saturated heterocycles. The van der Waals surface area contributed by atoms with E-state index in [9.17, 15) is 0 Å². The van der Waals surface area contributed by atoms with Crippen LogP contribution in [0.4, 0.5) is 11.6 Å². The van der Waals surface area contributed by atoms with Crippen molar-refractivity contribution < 1.29 is 0 Å². The minimum atomic E-state index is 0.976. The highest BCUT2D eigenvalue weighted by Crippen LogP contribution is 2.26. The number of anilines is 2. The number of hydrogen-bond acceptors (Lipinski definition) is 4. The van der Waals surface area contributed by atoms with Gasteiger partial charge in [-0.3, -0.25) is 0 Å². The van der Waals surface area contributed by atoms with E-state index in [0.717, 1.165) is 31.1 Å². The Labute approximate surface area is 78.0 Å². The number of rotatable bonds is 2. The summed E-state index contributed by atoms with van der Waals surface area (Å²) in [5, 5.41) is 3.24. The van der Waals surface area contributed by atoms with Crippen LogP contribution < -0.4 is 10.2 Å². The molecule has 0 radical (unpaired) electrons.